The summed E-state index contributed by atoms with van der Waals surface area (Å²) < 4.78 is 7.26. The molecule has 19 heavy (non-hydrogen) atoms. The average molecular weight is 319 g/mol. The minimum Gasteiger partial charge on any atom is -0.366 e. The van der Waals surface area contributed by atoms with Crippen LogP contribution >= 0.6 is 15.9 Å². The second-order valence-electron chi connectivity index (χ2n) is 4.75. The zero-order chi connectivity index (χ0) is 13.7. The van der Waals surface area contributed by atoms with E-state index in [0.717, 1.165) is 17.5 Å². The lowest BCUT2D eigenvalue weighted by molar-refractivity contribution is -0.00372. The van der Waals surface area contributed by atoms with Gasteiger partial charge in [-0.3, -0.25) is 0 Å². The lowest BCUT2D eigenvalue weighted by Gasteiger charge is -2.31. The third-order valence-corrected chi connectivity index (χ3v) is 3.84. The van der Waals surface area contributed by atoms with Crippen molar-refractivity contribution in [2.75, 3.05) is 6.61 Å². The quantitative estimate of drug-likeness (QED) is 0.741. The molecule has 0 bridgehead atoms. The predicted molar refractivity (Wildman–Crippen MR) is 83.3 cm³/mol. The first-order valence-corrected chi connectivity index (χ1v) is 7.41. The first kappa shape index (κ1) is 14.3. The number of benzene rings is 2. The van der Waals surface area contributed by atoms with E-state index in [1.165, 1.54) is 11.1 Å². The van der Waals surface area contributed by atoms with Gasteiger partial charge in [0.25, 0.3) is 0 Å². The highest BCUT2D eigenvalue weighted by Gasteiger charge is 2.29. The van der Waals surface area contributed by atoms with E-state index >= 15 is 0 Å². The molecule has 0 radical (unpaired) electrons. The van der Waals surface area contributed by atoms with E-state index in [0.29, 0.717) is 0 Å². The third-order valence-electron chi connectivity index (χ3n) is 3.31. The van der Waals surface area contributed by atoms with Gasteiger partial charge in [0, 0.05) is 11.1 Å². The highest BCUT2D eigenvalue weighted by atomic mass is 79.9. The van der Waals surface area contributed by atoms with E-state index in [9.17, 15) is 0 Å². The van der Waals surface area contributed by atoms with Gasteiger partial charge in [-0.1, -0.05) is 65.3 Å². The third kappa shape index (κ3) is 3.26. The van der Waals surface area contributed by atoms with Crippen LogP contribution in [0.3, 0.4) is 0 Å². The van der Waals surface area contributed by atoms with Gasteiger partial charge in [-0.05, 0) is 36.6 Å². The summed E-state index contributed by atoms with van der Waals surface area (Å²) in [4.78, 5) is 0. The summed E-state index contributed by atoms with van der Waals surface area (Å²) in [6.45, 7) is 5.02. The summed E-state index contributed by atoms with van der Waals surface area (Å²) in [6.07, 6.45) is 1.01. The Morgan fingerprint density at radius 3 is 2.11 bits per heavy atom. The first-order chi connectivity index (χ1) is 9.16. The van der Waals surface area contributed by atoms with Crippen LogP contribution in [0.1, 0.15) is 31.4 Å². The number of hydrogen-bond acceptors (Lipinski definition) is 1. The molecule has 0 heterocycles. The second kappa shape index (κ2) is 6.36. The van der Waals surface area contributed by atoms with E-state index in [4.69, 9.17) is 4.74 Å². The Morgan fingerprint density at radius 2 is 1.53 bits per heavy atom. The summed E-state index contributed by atoms with van der Waals surface area (Å²) in [5, 5.41) is 0. The molecular weight excluding hydrogens is 300 g/mol. The maximum atomic E-state index is 6.18. The molecule has 0 N–H and O–H groups in total. The van der Waals surface area contributed by atoms with Crippen molar-refractivity contribution in [2.24, 2.45) is 0 Å². The lowest BCUT2D eigenvalue weighted by Crippen LogP contribution is -2.27. The van der Waals surface area contributed by atoms with Crippen molar-refractivity contribution in [1.29, 1.82) is 0 Å². The summed E-state index contributed by atoms with van der Waals surface area (Å²) in [6, 6.07) is 18.8. The SMILES string of the molecule is CCCOC(C)(c1ccccc1)c1ccc(Br)cc1. The van der Waals surface area contributed by atoms with Crippen LogP contribution in [0.2, 0.25) is 0 Å². The van der Waals surface area contributed by atoms with Crippen LogP contribution in [0.25, 0.3) is 0 Å². The van der Waals surface area contributed by atoms with Gasteiger partial charge in [0.15, 0.2) is 0 Å². The number of rotatable bonds is 5. The summed E-state index contributed by atoms with van der Waals surface area (Å²) in [5.41, 5.74) is 1.97. The number of halogens is 1. The molecule has 2 rings (SSSR count). The van der Waals surface area contributed by atoms with Crippen LogP contribution in [-0.4, -0.2) is 6.61 Å². The fraction of sp³-hybridized carbons (Fsp3) is 0.294. The number of ether oxygens (including phenoxy) is 1. The molecule has 0 spiro atoms. The fourth-order valence-corrected chi connectivity index (χ4v) is 2.43. The molecule has 0 saturated carbocycles. The molecule has 0 saturated heterocycles. The molecule has 2 aromatic carbocycles. The standard InChI is InChI=1S/C17H19BrO/c1-3-13-19-17(2,14-7-5-4-6-8-14)15-9-11-16(18)12-10-15/h4-12H,3,13H2,1-2H3. The first-order valence-electron chi connectivity index (χ1n) is 6.62. The van der Waals surface area contributed by atoms with Crippen LogP contribution < -0.4 is 0 Å². The van der Waals surface area contributed by atoms with Crippen LogP contribution in [0.15, 0.2) is 59.1 Å². The molecule has 0 aliphatic carbocycles. The monoisotopic (exact) mass is 318 g/mol. The smallest absolute Gasteiger partial charge is 0.115 e. The van der Waals surface area contributed by atoms with Gasteiger partial charge in [0.05, 0.1) is 0 Å². The maximum absolute atomic E-state index is 6.18. The zero-order valence-electron chi connectivity index (χ0n) is 11.4. The Kier molecular flexibility index (Phi) is 4.78. The van der Waals surface area contributed by atoms with Crippen molar-refractivity contribution in [1.82, 2.24) is 0 Å². The van der Waals surface area contributed by atoms with E-state index in [1.54, 1.807) is 0 Å². The van der Waals surface area contributed by atoms with Crippen molar-refractivity contribution >= 4 is 15.9 Å². The van der Waals surface area contributed by atoms with Gasteiger partial charge in [0.2, 0.25) is 0 Å². The van der Waals surface area contributed by atoms with Crippen LogP contribution in [0.4, 0.5) is 0 Å². The van der Waals surface area contributed by atoms with Crippen molar-refractivity contribution in [2.45, 2.75) is 25.9 Å². The summed E-state index contributed by atoms with van der Waals surface area (Å²) >= 11 is 3.48. The minimum atomic E-state index is -0.391. The highest BCUT2D eigenvalue weighted by molar-refractivity contribution is 9.10. The van der Waals surface area contributed by atoms with Crippen molar-refractivity contribution in [3.05, 3.63) is 70.2 Å². The van der Waals surface area contributed by atoms with E-state index in [-0.39, 0.29) is 0 Å². The maximum Gasteiger partial charge on any atom is 0.115 e. The molecule has 1 unspecified atom stereocenters. The van der Waals surface area contributed by atoms with Crippen molar-refractivity contribution in [3.8, 4) is 0 Å². The lowest BCUT2D eigenvalue weighted by atomic mass is 9.88. The minimum absolute atomic E-state index is 0.391. The molecule has 1 atom stereocenters. The topological polar surface area (TPSA) is 9.23 Å². The van der Waals surface area contributed by atoms with Gasteiger partial charge in [0.1, 0.15) is 5.60 Å². The Balaban J connectivity index is 2.42. The van der Waals surface area contributed by atoms with E-state index in [1.807, 2.05) is 6.07 Å². The molecule has 0 aliphatic heterocycles. The van der Waals surface area contributed by atoms with Gasteiger partial charge >= 0.3 is 0 Å². The van der Waals surface area contributed by atoms with Crippen LogP contribution in [0, 0.1) is 0 Å². The van der Waals surface area contributed by atoms with Crippen LogP contribution in [0.5, 0.6) is 0 Å². The molecule has 2 heteroatoms. The summed E-state index contributed by atoms with van der Waals surface area (Å²) in [5.74, 6) is 0. The number of hydrogen-bond donors (Lipinski definition) is 0. The molecule has 0 aliphatic rings. The Labute approximate surface area is 123 Å². The van der Waals surface area contributed by atoms with Crippen molar-refractivity contribution < 1.29 is 4.74 Å². The average Bonchev–Trinajstić information content (AvgIpc) is 2.46. The van der Waals surface area contributed by atoms with Gasteiger partial charge in [-0.15, -0.1) is 0 Å². The normalized spacial score (nSPS) is 14.1. The van der Waals surface area contributed by atoms with E-state index < -0.39 is 5.60 Å². The predicted octanol–water partition coefficient (Wildman–Crippen LogP) is 5.14. The molecule has 100 valence electrons. The van der Waals surface area contributed by atoms with E-state index in [2.05, 4.69) is 78.3 Å². The highest BCUT2D eigenvalue weighted by Crippen LogP contribution is 2.34. The van der Waals surface area contributed by atoms with Gasteiger partial charge < -0.3 is 4.74 Å². The van der Waals surface area contributed by atoms with Gasteiger partial charge in [-0.25, -0.2) is 0 Å². The molecule has 0 fully saturated rings. The Bertz CT molecular complexity index is 507. The van der Waals surface area contributed by atoms with Crippen LogP contribution in [-0.2, 0) is 10.3 Å². The zero-order valence-corrected chi connectivity index (χ0v) is 13.0. The molecular formula is C17H19BrO. The largest absolute Gasteiger partial charge is 0.366 e. The second-order valence-corrected chi connectivity index (χ2v) is 5.67. The molecule has 1 nitrogen and oxygen atoms in total. The van der Waals surface area contributed by atoms with Crippen molar-refractivity contribution in [3.63, 3.8) is 0 Å². The summed E-state index contributed by atoms with van der Waals surface area (Å²) in [7, 11) is 0. The fourth-order valence-electron chi connectivity index (χ4n) is 2.16. The van der Waals surface area contributed by atoms with Gasteiger partial charge in [-0.2, -0.15) is 0 Å². The Hall–Kier alpha value is -1.12. The molecule has 0 amide bonds. The molecule has 0 aromatic heterocycles. The molecule has 2 aromatic rings. The Morgan fingerprint density at radius 1 is 0.947 bits per heavy atom.